The third-order valence-corrected chi connectivity index (χ3v) is 4.49. The van der Waals surface area contributed by atoms with E-state index in [-0.39, 0.29) is 29.0 Å². The van der Waals surface area contributed by atoms with Gasteiger partial charge in [-0.2, -0.15) is 0 Å². The lowest BCUT2D eigenvalue weighted by atomic mass is 10.1. The Morgan fingerprint density at radius 2 is 2.00 bits per heavy atom. The van der Waals surface area contributed by atoms with Crippen LogP contribution in [-0.2, 0) is 9.84 Å². The summed E-state index contributed by atoms with van der Waals surface area (Å²) in [5.74, 6) is 0.331. The molecule has 3 N–H and O–H groups in total. The maximum atomic E-state index is 11.3. The van der Waals surface area contributed by atoms with E-state index in [0.717, 1.165) is 0 Å². The Bertz CT molecular complexity index is 499. The first-order valence-electron chi connectivity index (χ1n) is 5.81. The molecule has 0 radical (unpaired) electrons. The van der Waals surface area contributed by atoms with Crippen molar-refractivity contribution in [3.05, 3.63) is 23.8 Å². The maximum absolute atomic E-state index is 11.3. The fourth-order valence-electron chi connectivity index (χ4n) is 1.57. The van der Waals surface area contributed by atoms with Crippen molar-refractivity contribution in [1.82, 2.24) is 5.32 Å². The molecule has 0 fully saturated rings. The maximum Gasteiger partial charge on any atom is 0.151 e. The van der Waals surface area contributed by atoms with E-state index in [1.165, 1.54) is 18.2 Å². The number of phenolic OH excluding ortho intramolecular Hbond substituents is 2. The second kappa shape index (κ2) is 6.06. The zero-order valence-electron chi connectivity index (χ0n) is 10.5. The second-order valence-electron chi connectivity index (χ2n) is 4.16. The Balaban J connectivity index is 2.61. The van der Waals surface area contributed by atoms with Crippen LogP contribution in [0.5, 0.6) is 11.5 Å². The zero-order valence-corrected chi connectivity index (χ0v) is 11.4. The predicted octanol–water partition coefficient (Wildman–Crippen LogP) is 1.18. The molecule has 0 aromatic heterocycles. The lowest BCUT2D eigenvalue weighted by Gasteiger charge is -2.15. The Morgan fingerprint density at radius 1 is 1.33 bits per heavy atom. The lowest BCUT2D eigenvalue weighted by molar-refractivity contribution is 0.442. The first-order chi connectivity index (χ1) is 8.35. The number of nitrogens with one attached hydrogen (secondary N) is 1. The molecule has 0 heterocycles. The molecule has 102 valence electrons. The second-order valence-corrected chi connectivity index (χ2v) is 6.63. The highest BCUT2D eigenvalue weighted by Gasteiger charge is 2.12. The first-order valence-corrected chi connectivity index (χ1v) is 7.63. The largest absolute Gasteiger partial charge is 0.508 e. The van der Waals surface area contributed by atoms with E-state index in [1.54, 1.807) is 13.8 Å². The van der Waals surface area contributed by atoms with Crippen LogP contribution in [0.4, 0.5) is 0 Å². The molecule has 0 saturated heterocycles. The van der Waals surface area contributed by atoms with E-state index < -0.39 is 9.84 Å². The molecule has 0 aliphatic heterocycles. The molecule has 1 rings (SSSR count). The molecule has 0 spiro atoms. The van der Waals surface area contributed by atoms with Crippen LogP contribution >= 0.6 is 0 Å². The van der Waals surface area contributed by atoms with Gasteiger partial charge in [-0.1, -0.05) is 6.92 Å². The summed E-state index contributed by atoms with van der Waals surface area (Å²) < 4.78 is 22.6. The van der Waals surface area contributed by atoms with Crippen molar-refractivity contribution in [1.29, 1.82) is 0 Å². The molecule has 0 aliphatic rings. The molecular weight excluding hydrogens is 254 g/mol. The van der Waals surface area contributed by atoms with Crippen LogP contribution in [0.2, 0.25) is 0 Å². The summed E-state index contributed by atoms with van der Waals surface area (Å²) >= 11 is 0. The van der Waals surface area contributed by atoms with Gasteiger partial charge in [0.2, 0.25) is 0 Å². The van der Waals surface area contributed by atoms with Crippen LogP contribution in [0.3, 0.4) is 0 Å². The van der Waals surface area contributed by atoms with Crippen molar-refractivity contribution in [3.8, 4) is 11.5 Å². The fraction of sp³-hybridized carbons (Fsp3) is 0.500. The summed E-state index contributed by atoms with van der Waals surface area (Å²) in [5.41, 5.74) is 0.545. The van der Waals surface area contributed by atoms with Gasteiger partial charge in [0.25, 0.3) is 0 Å². The molecule has 1 unspecified atom stereocenters. The number of sulfone groups is 1. The normalized spacial score (nSPS) is 13.4. The monoisotopic (exact) mass is 273 g/mol. The quantitative estimate of drug-likeness (QED) is 0.678. The Morgan fingerprint density at radius 3 is 2.61 bits per heavy atom. The molecule has 0 aliphatic carbocycles. The molecule has 5 nitrogen and oxygen atoms in total. The minimum Gasteiger partial charge on any atom is -0.508 e. The molecule has 0 bridgehead atoms. The van der Waals surface area contributed by atoms with Crippen molar-refractivity contribution in [3.63, 3.8) is 0 Å². The van der Waals surface area contributed by atoms with Gasteiger partial charge in [-0.25, -0.2) is 8.42 Å². The smallest absolute Gasteiger partial charge is 0.151 e. The van der Waals surface area contributed by atoms with Crippen LogP contribution in [0, 0.1) is 0 Å². The van der Waals surface area contributed by atoms with E-state index >= 15 is 0 Å². The molecule has 6 heteroatoms. The van der Waals surface area contributed by atoms with Gasteiger partial charge in [-0.15, -0.1) is 0 Å². The Hall–Kier alpha value is -1.27. The van der Waals surface area contributed by atoms with Gasteiger partial charge in [0.15, 0.2) is 9.84 Å². The molecule has 1 aromatic rings. The van der Waals surface area contributed by atoms with Crippen molar-refractivity contribution >= 4 is 9.84 Å². The first kappa shape index (κ1) is 14.8. The van der Waals surface area contributed by atoms with Crippen LogP contribution in [0.1, 0.15) is 25.5 Å². The summed E-state index contributed by atoms with van der Waals surface area (Å²) in [4.78, 5) is 0. The number of benzene rings is 1. The van der Waals surface area contributed by atoms with Gasteiger partial charge >= 0.3 is 0 Å². The number of phenols is 2. The van der Waals surface area contributed by atoms with E-state index in [0.29, 0.717) is 12.1 Å². The molecule has 0 amide bonds. The van der Waals surface area contributed by atoms with Gasteiger partial charge in [0, 0.05) is 23.9 Å². The van der Waals surface area contributed by atoms with Gasteiger partial charge in [-0.05, 0) is 25.1 Å². The highest BCUT2D eigenvalue weighted by atomic mass is 32.2. The summed E-state index contributed by atoms with van der Waals surface area (Å²) in [6, 6.07) is 4.03. The van der Waals surface area contributed by atoms with Gasteiger partial charge in [-0.3, -0.25) is 0 Å². The lowest BCUT2D eigenvalue weighted by Crippen LogP contribution is -2.26. The summed E-state index contributed by atoms with van der Waals surface area (Å²) in [6.45, 7) is 3.72. The predicted molar refractivity (Wildman–Crippen MR) is 70.5 cm³/mol. The summed E-state index contributed by atoms with van der Waals surface area (Å²) in [6.07, 6.45) is 0. The highest BCUT2D eigenvalue weighted by Crippen LogP contribution is 2.27. The van der Waals surface area contributed by atoms with Crippen LogP contribution < -0.4 is 5.32 Å². The van der Waals surface area contributed by atoms with E-state index in [1.807, 2.05) is 0 Å². The van der Waals surface area contributed by atoms with Crippen LogP contribution in [0.15, 0.2) is 18.2 Å². The number of hydrogen-bond acceptors (Lipinski definition) is 5. The minimum absolute atomic E-state index is 0.0629. The van der Waals surface area contributed by atoms with Gasteiger partial charge < -0.3 is 15.5 Å². The SMILES string of the molecule is CCS(=O)(=O)CCNC(C)c1cc(O)ccc1O. The number of aromatic hydroxyl groups is 2. The van der Waals surface area contributed by atoms with Crippen LogP contribution in [-0.4, -0.2) is 36.7 Å². The summed E-state index contributed by atoms with van der Waals surface area (Å²) in [5, 5.41) is 22.0. The minimum atomic E-state index is -2.99. The number of rotatable bonds is 6. The van der Waals surface area contributed by atoms with Crippen molar-refractivity contribution < 1.29 is 18.6 Å². The van der Waals surface area contributed by atoms with E-state index in [2.05, 4.69) is 5.32 Å². The van der Waals surface area contributed by atoms with E-state index in [9.17, 15) is 18.6 Å². The Labute approximate surface area is 107 Å². The average Bonchev–Trinajstić information content (AvgIpc) is 2.32. The Kier molecular flexibility index (Phi) is 4.98. The summed E-state index contributed by atoms with van der Waals surface area (Å²) in [7, 11) is -2.99. The van der Waals surface area contributed by atoms with Crippen molar-refractivity contribution in [2.75, 3.05) is 18.1 Å². The average molecular weight is 273 g/mol. The molecule has 1 aromatic carbocycles. The molecular formula is C12H19NO4S. The third kappa shape index (κ3) is 4.19. The van der Waals surface area contributed by atoms with Crippen LogP contribution in [0.25, 0.3) is 0 Å². The molecule has 18 heavy (non-hydrogen) atoms. The van der Waals surface area contributed by atoms with Crippen molar-refractivity contribution in [2.24, 2.45) is 0 Å². The van der Waals surface area contributed by atoms with E-state index in [4.69, 9.17) is 0 Å². The fourth-order valence-corrected chi connectivity index (χ4v) is 2.29. The van der Waals surface area contributed by atoms with Gasteiger partial charge in [0.1, 0.15) is 11.5 Å². The highest BCUT2D eigenvalue weighted by molar-refractivity contribution is 7.91. The topological polar surface area (TPSA) is 86.6 Å². The third-order valence-electron chi connectivity index (χ3n) is 2.78. The molecule has 0 saturated carbocycles. The van der Waals surface area contributed by atoms with Gasteiger partial charge in [0.05, 0.1) is 5.75 Å². The standard InChI is InChI=1S/C12H19NO4S/c1-3-18(16,17)7-6-13-9(2)11-8-10(14)4-5-12(11)15/h4-5,8-9,13-15H,3,6-7H2,1-2H3. The zero-order chi connectivity index (χ0) is 13.8. The van der Waals surface area contributed by atoms with Crippen molar-refractivity contribution in [2.45, 2.75) is 19.9 Å². The number of hydrogen-bond donors (Lipinski definition) is 3. The molecule has 1 atom stereocenters.